The van der Waals surface area contributed by atoms with Crippen LogP contribution in [-0.2, 0) is 9.47 Å². The van der Waals surface area contributed by atoms with Crippen LogP contribution in [0.1, 0.15) is 77.9 Å². The van der Waals surface area contributed by atoms with Crippen LogP contribution in [0.3, 0.4) is 0 Å². The SMILES string of the molecule is c1ccc(C(CCCCN2CCN(CCCOc3ccc(C4O[C@H](c5ccccc5)[C@@H](c5ccccc5)O4)cc3)CC2)c2ccccc2)cc1. The number of ether oxygens (including phenoxy) is 3. The fourth-order valence-corrected chi connectivity index (χ4v) is 7.41. The highest BCUT2D eigenvalue weighted by molar-refractivity contribution is 5.33. The predicted octanol–water partition coefficient (Wildman–Crippen LogP) is 9.60. The Labute approximate surface area is 298 Å². The summed E-state index contributed by atoms with van der Waals surface area (Å²) in [4.78, 5) is 5.24. The van der Waals surface area contributed by atoms with E-state index >= 15 is 0 Å². The minimum atomic E-state index is -0.432. The number of rotatable bonds is 15. The summed E-state index contributed by atoms with van der Waals surface area (Å²) in [6.07, 6.45) is 3.95. The highest BCUT2D eigenvalue weighted by Gasteiger charge is 2.38. The summed E-state index contributed by atoms with van der Waals surface area (Å²) in [5.74, 6) is 1.36. The highest BCUT2D eigenvalue weighted by atomic mass is 16.7. The average molecular weight is 667 g/mol. The lowest BCUT2D eigenvalue weighted by atomic mass is 9.87. The third-order valence-corrected chi connectivity index (χ3v) is 10.2. The van der Waals surface area contributed by atoms with Gasteiger partial charge in [0.15, 0.2) is 6.29 Å². The van der Waals surface area contributed by atoms with Crippen LogP contribution in [0, 0.1) is 0 Å². The van der Waals surface area contributed by atoms with Crippen LogP contribution in [-0.4, -0.2) is 55.7 Å². The molecule has 5 heteroatoms. The maximum atomic E-state index is 6.51. The molecule has 0 spiro atoms. The second kappa shape index (κ2) is 17.6. The third kappa shape index (κ3) is 9.09. The van der Waals surface area contributed by atoms with Crippen molar-refractivity contribution < 1.29 is 14.2 Å². The molecule has 2 fully saturated rings. The molecule has 5 aromatic rings. The maximum absolute atomic E-state index is 6.51. The van der Waals surface area contributed by atoms with E-state index in [1.54, 1.807) is 0 Å². The Hall–Kier alpha value is -4.26. The summed E-state index contributed by atoms with van der Waals surface area (Å²) in [5, 5.41) is 0. The van der Waals surface area contributed by atoms with E-state index in [1.807, 2.05) is 24.3 Å². The number of benzene rings is 5. The molecule has 2 saturated heterocycles. The van der Waals surface area contributed by atoms with Crippen molar-refractivity contribution in [2.75, 3.05) is 45.9 Å². The first-order valence-corrected chi connectivity index (χ1v) is 18.5. The zero-order chi connectivity index (χ0) is 33.8. The molecule has 0 aromatic heterocycles. The van der Waals surface area contributed by atoms with E-state index in [-0.39, 0.29) is 12.2 Å². The van der Waals surface area contributed by atoms with Crippen molar-refractivity contribution in [1.82, 2.24) is 9.80 Å². The molecule has 0 radical (unpaired) electrons. The summed E-state index contributed by atoms with van der Waals surface area (Å²) in [6, 6.07) is 50.9. The molecule has 7 rings (SSSR count). The molecule has 50 heavy (non-hydrogen) atoms. The third-order valence-electron chi connectivity index (χ3n) is 10.2. The van der Waals surface area contributed by atoms with Gasteiger partial charge in [0, 0.05) is 44.2 Å². The molecule has 0 bridgehead atoms. The minimum Gasteiger partial charge on any atom is -0.494 e. The molecule has 0 saturated carbocycles. The quantitative estimate of drug-likeness (QED) is 0.104. The van der Waals surface area contributed by atoms with Gasteiger partial charge in [0.25, 0.3) is 0 Å². The standard InChI is InChI=1S/C45H50N2O3/c1-5-16-36(17-6-1)42(37-18-7-2-8-19-37)24-13-14-29-46-31-33-47(34-32-46)30-15-35-48-41-27-25-40(26-28-41)45-49-43(38-20-9-3-10-21-38)44(50-45)39-22-11-4-12-23-39/h1-12,16-23,25-28,42-45H,13-15,24,29-35H2/t43-,44-/m1/s1. The van der Waals surface area contributed by atoms with Gasteiger partial charge in [0.05, 0.1) is 6.61 Å². The smallest absolute Gasteiger partial charge is 0.185 e. The summed E-state index contributed by atoms with van der Waals surface area (Å²) in [6.45, 7) is 7.58. The van der Waals surface area contributed by atoms with Gasteiger partial charge in [-0.2, -0.15) is 0 Å². The number of hydrogen-bond acceptors (Lipinski definition) is 5. The van der Waals surface area contributed by atoms with Crippen molar-refractivity contribution >= 4 is 0 Å². The molecule has 2 aliphatic heterocycles. The second-order valence-electron chi connectivity index (χ2n) is 13.6. The van der Waals surface area contributed by atoms with Crippen molar-refractivity contribution in [3.8, 4) is 5.75 Å². The Bertz CT molecular complexity index is 1590. The van der Waals surface area contributed by atoms with E-state index < -0.39 is 6.29 Å². The van der Waals surface area contributed by atoms with Crippen LogP contribution in [0.5, 0.6) is 5.75 Å². The Morgan fingerprint density at radius 1 is 0.500 bits per heavy atom. The molecular formula is C45H50N2O3. The first kappa shape index (κ1) is 34.2. The van der Waals surface area contributed by atoms with Gasteiger partial charge in [-0.25, -0.2) is 0 Å². The lowest BCUT2D eigenvalue weighted by Gasteiger charge is -2.34. The normalized spacial score (nSPS) is 18.8. The summed E-state index contributed by atoms with van der Waals surface area (Å²) in [5.41, 5.74) is 6.10. The maximum Gasteiger partial charge on any atom is 0.185 e. The Balaban J connectivity index is 0.805. The summed E-state index contributed by atoms with van der Waals surface area (Å²) in [7, 11) is 0. The van der Waals surface area contributed by atoms with E-state index in [0.717, 1.165) is 61.6 Å². The topological polar surface area (TPSA) is 34.2 Å². The zero-order valence-electron chi connectivity index (χ0n) is 29.1. The molecule has 258 valence electrons. The van der Waals surface area contributed by atoms with Gasteiger partial charge in [-0.05, 0) is 60.2 Å². The van der Waals surface area contributed by atoms with Crippen LogP contribution < -0.4 is 4.74 Å². The monoisotopic (exact) mass is 666 g/mol. The van der Waals surface area contributed by atoms with Gasteiger partial charge >= 0.3 is 0 Å². The van der Waals surface area contributed by atoms with Crippen molar-refractivity contribution in [1.29, 1.82) is 0 Å². The van der Waals surface area contributed by atoms with Gasteiger partial charge in [0.1, 0.15) is 18.0 Å². The van der Waals surface area contributed by atoms with E-state index in [0.29, 0.717) is 12.5 Å². The first-order chi connectivity index (χ1) is 24.8. The zero-order valence-corrected chi connectivity index (χ0v) is 29.1. The van der Waals surface area contributed by atoms with Crippen LogP contribution in [0.2, 0.25) is 0 Å². The molecule has 2 atom stereocenters. The van der Waals surface area contributed by atoms with Crippen LogP contribution in [0.4, 0.5) is 0 Å². The first-order valence-electron chi connectivity index (χ1n) is 18.5. The highest BCUT2D eigenvalue weighted by Crippen LogP contribution is 2.48. The lowest BCUT2D eigenvalue weighted by molar-refractivity contribution is -0.0698. The van der Waals surface area contributed by atoms with Gasteiger partial charge < -0.3 is 24.0 Å². The number of nitrogens with zero attached hydrogens (tertiary/aromatic N) is 2. The molecular weight excluding hydrogens is 617 g/mol. The van der Waals surface area contributed by atoms with Crippen molar-refractivity contribution in [2.45, 2.75) is 50.1 Å². The Morgan fingerprint density at radius 3 is 1.46 bits per heavy atom. The Kier molecular flexibility index (Phi) is 12.0. The van der Waals surface area contributed by atoms with E-state index in [4.69, 9.17) is 14.2 Å². The van der Waals surface area contributed by atoms with Gasteiger partial charge in [-0.15, -0.1) is 0 Å². The number of hydrogen-bond donors (Lipinski definition) is 0. The molecule has 2 heterocycles. The molecule has 0 aliphatic carbocycles. The van der Waals surface area contributed by atoms with Crippen LogP contribution in [0.25, 0.3) is 0 Å². The predicted molar refractivity (Wildman–Crippen MR) is 201 cm³/mol. The number of piperazine rings is 1. The van der Waals surface area contributed by atoms with E-state index in [2.05, 4.69) is 131 Å². The fraction of sp³-hybridized carbons (Fsp3) is 0.333. The molecule has 5 nitrogen and oxygen atoms in total. The summed E-state index contributed by atoms with van der Waals surface area (Å²) >= 11 is 0. The van der Waals surface area contributed by atoms with Gasteiger partial charge in [-0.1, -0.05) is 140 Å². The second-order valence-corrected chi connectivity index (χ2v) is 13.6. The van der Waals surface area contributed by atoms with Crippen LogP contribution in [0.15, 0.2) is 146 Å². The average Bonchev–Trinajstić information content (AvgIpc) is 3.64. The van der Waals surface area contributed by atoms with E-state index in [9.17, 15) is 0 Å². The molecule has 0 unspecified atom stereocenters. The molecule has 0 amide bonds. The fourth-order valence-electron chi connectivity index (χ4n) is 7.41. The molecule has 5 aromatic carbocycles. The minimum absolute atomic E-state index is 0.168. The van der Waals surface area contributed by atoms with Crippen LogP contribution >= 0.6 is 0 Å². The van der Waals surface area contributed by atoms with Gasteiger partial charge in [0.2, 0.25) is 0 Å². The van der Waals surface area contributed by atoms with E-state index in [1.165, 1.54) is 36.9 Å². The number of unbranched alkanes of at least 4 members (excludes halogenated alkanes) is 1. The van der Waals surface area contributed by atoms with Crippen molar-refractivity contribution in [3.63, 3.8) is 0 Å². The van der Waals surface area contributed by atoms with Crippen molar-refractivity contribution in [2.24, 2.45) is 0 Å². The largest absolute Gasteiger partial charge is 0.494 e. The van der Waals surface area contributed by atoms with Crippen molar-refractivity contribution in [3.05, 3.63) is 173 Å². The molecule has 0 N–H and O–H groups in total. The Morgan fingerprint density at radius 2 is 0.960 bits per heavy atom. The van der Waals surface area contributed by atoms with Gasteiger partial charge in [-0.3, -0.25) is 0 Å². The summed E-state index contributed by atoms with van der Waals surface area (Å²) < 4.78 is 19.2. The lowest BCUT2D eigenvalue weighted by Crippen LogP contribution is -2.46. The molecule has 2 aliphatic rings.